The third-order valence-corrected chi connectivity index (χ3v) is 3.51. The molecule has 0 aliphatic rings. The summed E-state index contributed by atoms with van der Waals surface area (Å²) in [6, 6.07) is 14.1. The van der Waals surface area contributed by atoms with Crippen LogP contribution in [0, 0.1) is 0 Å². The summed E-state index contributed by atoms with van der Waals surface area (Å²) in [6.45, 7) is 0.683. The summed E-state index contributed by atoms with van der Waals surface area (Å²) in [6.07, 6.45) is 1.72. The zero-order valence-corrected chi connectivity index (χ0v) is 11.6. The normalized spacial score (nSPS) is 10.2. The Morgan fingerprint density at radius 1 is 1.12 bits per heavy atom. The summed E-state index contributed by atoms with van der Waals surface area (Å²) in [5, 5.41) is 0. The molecule has 0 aliphatic heterocycles. The molecule has 0 amide bonds. The van der Waals surface area contributed by atoms with Crippen LogP contribution in [0.2, 0.25) is 0 Å². The lowest BCUT2D eigenvalue weighted by molar-refractivity contribution is 0.342. The number of halogens is 1. The van der Waals surface area contributed by atoms with E-state index in [9.17, 15) is 0 Å². The van der Waals surface area contributed by atoms with Crippen LogP contribution in [0.5, 0.6) is 5.75 Å². The van der Waals surface area contributed by atoms with E-state index in [1.165, 1.54) is 4.90 Å². The molecule has 17 heavy (non-hydrogen) atoms. The Morgan fingerprint density at radius 3 is 2.65 bits per heavy atom. The van der Waals surface area contributed by atoms with Crippen molar-refractivity contribution in [1.82, 2.24) is 4.98 Å². The third-order valence-electron chi connectivity index (χ3n) is 2.06. The van der Waals surface area contributed by atoms with Crippen molar-refractivity contribution in [2.24, 2.45) is 0 Å². The van der Waals surface area contributed by atoms with E-state index in [-0.39, 0.29) is 0 Å². The van der Waals surface area contributed by atoms with Gasteiger partial charge in [-0.15, -0.1) is 11.8 Å². The van der Waals surface area contributed by atoms with Crippen LogP contribution in [0.1, 0.15) is 0 Å². The van der Waals surface area contributed by atoms with Crippen LogP contribution in [0.25, 0.3) is 0 Å². The summed E-state index contributed by atoms with van der Waals surface area (Å²) >= 11 is 5.08. The van der Waals surface area contributed by atoms with Crippen LogP contribution in [0.4, 0.5) is 0 Å². The molecule has 1 heterocycles. The highest BCUT2D eigenvalue weighted by Gasteiger charge is 1.96. The number of pyridine rings is 1. The van der Waals surface area contributed by atoms with Gasteiger partial charge in [0.2, 0.25) is 0 Å². The lowest BCUT2D eigenvalue weighted by Crippen LogP contribution is -2.00. The van der Waals surface area contributed by atoms with Crippen molar-refractivity contribution in [2.75, 3.05) is 12.4 Å². The Kier molecular flexibility index (Phi) is 4.88. The molecular weight excluding hydrogens is 298 g/mol. The van der Waals surface area contributed by atoms with E-state index in [1.54, 1.807) is 18.0 Å². The Bertz CT molecular complexity index is 447. The van der Waals surface area contributed by atoms with E-state index in [0.717, 1.165) is 16.1 Å². The molecule has 1 aromatic heterocycles. The van der Waals surface area contributed by atoms with Crippen LogP contribution in [0.15, 0.2) is 58.2 Å². The van der Waals surface area contributed by atoms with Crippen LogP contribution >= 0.6 is 27.7 Å². The number of ether oxygens (including phenoxy) is 1. The standard InChI is InChI=1S/C13H12BrNOS/c14-13-7-6-11(10-15-13)16-8-9-17-12-4-2-1-3-5-12/h1-7,10H,8-9H2. The fraction of sp³-hybridized carbons (Fsp3) is 0.154. The second-order valence-electron chi connectivity index (χ2n) is 3.33. The molecule has 0 atom stereocenters. The second kappa shape index (κ2) is 6.67. The van der Waals surface area contributed by atoms with Crippen molar-refractivity contribution >= 4 is 27.7 Å². The SMILES string of the molecule is Brc1ccc(OCCSc2ccccc2)cn1. The van der Waals surface area contributed by atoms with Gasteiger partial charge in [-0.2, -0.15) is 0 Å². The second-order valence-corrected chi connectivity index (χ2v) is 5.31. The van der Waals surface area contributed by atoms with E-state index in [4.69, 9.17) is 4.74 Å². The molecule has 0 unspecified atom stereocenters. The first kappa shape index (κ1) is 12.5. The number of benzene rings is 1. The highest BCUT2D eigenvalue weighted by atomic mass is 79.9. The van der Waals surface area contributed by atoms with Crippen LogP contribution in [-0.4, -0.2) is 17.3 Å². The van der Waals surface area contributed by atoms with Crippen molar-refractivity contribution in [3.63, 3.8) is 0 Å². The summed E-state index contributed by atoms with van der Waals surface area (Å²) in [7, 11) is 0. The van der Waals surface area contributed by atoms with E-state index < -0.39 is 0 Å². The molecule has 4 heteroatoms. The zero-order valence-electron chi connectivity index (χ0n) is 9.17. The van der Waals surface area contributed by atoms with Gasteiger partial charge in [-0.3, -0.25) is 0 Å². The number of hydrogen-bond acceptors (Lipinski definition) is 3. The molecule has 2 aromatic rings. The Labute approximate surface area is 114 Å². The molecule has 2 rings (SSSR count). The molecule has 0 aliphatic carbocycles. The minimum atomic E-state index is 0.683. The molecule has 0 bridgehead atoms. The monoisotopic (exact) mass is 309 g/mol. The van der Waals surface area contributed by atoms with Crippen molar-refractivity contribution in [1.29, 1.82) is 0 Å². The molecule has 0 fully saturated rings. The lowest BCUT2D eigenvalue weighted by atomic mass is 10.4. The first-order valence-electron chi connectivity index (χ1n) is 5.27. The predicted octanol–water partition coefficient (Wildman–Crippen LogP) is 4.02. The van der Waals surface area contributed by atoms with Crippen LogP contribution in [-0.2, 0) is 0 Å². The molecule has 0 radical (unpaired) electrons. The van der Waals surface area contributed by atoms with E-state index in [0.29, 0.717) is 6.61 Å². The minimum Gasteiger partial charge on any atom is -0.491 e. The highest BCUT2D eigenvalue weighted by Crippen LogP contribution is 2.17. The van der Waals surface area contributed by atoms with Gasteiger partial charge in [0.25, 0.3) is 0 Å². The number of hydrogen-bond donors (Lipinski definition) is 0. The molecule has 0 saturated carbocycles. The molecular formula is C13H12BrNOS. The van der Waals surface area contributed by atoms with Crippen molar-refractivity contribution in [2.45, 2.75) is 4.90 Å². The molecule has 88 valence electrons. The quantitative estimate of drug-likeness (QED) is 0.473. The van der Waals surface area contributed by atoms with E-state index in [2.05, 4.69) is 33.0 Å². The molecule has 1 aromatic carbocycles. The summed E-state index contributed by atoms with van der Waals surface area (Å²) in [4.78, 5) is 5.37. The number of rotatable bonds is 5. The highest BCUT2D eigenvalue weighted by molar-refractivity contribution is 9.10. The topological polar surface area (TPSA) is 22.1 Å². The van der Waals surface area contributed by atoms with Gasteiger partial charge < -0.3 is 4.74 Å². The van der Waals surface area contributed by atoms with Gasteiger partial charge in [0.05, 0.1) is 12.8 Å². The molecule has 2 nitrogen and oxygen atoms in total. The van der Waals surface area contributed by atoms with Gasteiger partial charge in [-0.05, 0) is 40.2 Å². The average molecular weight is 310 g/mol. The third kappa shape index (κ3) is 4.40. The van der Waals surface area contributed by atoms with Gasteiger partial charge >= 0.3 is 0 Å². The van der Waals surface area contributed by atoms with Crippen LogP contribution < -0.4 is 4.74 Å². The molecule has 0 saturated heterocycles. The Hall–Kier alpha value is -1.00. The summed E-state index contributed by atoms with van der Waals surface area (Å²) in [5.74, 6) is 1.74. The van der Waals surface area contributed by atoms with Gasteiger partial charge in [-0.1, -0.05) is 18.2 Å². The van der Waals surface area contributed by atoms with Gasteiger partial charge in [-0.25, -0.2) is 4.98 Å². The smallest absolute Gasteiger partial charge is 0.137 e. The maximum Gasteiger partial charge on any atom is 0.137 e. The first-order chi connectivity index (χ1) is 8.34. The zero-order chi connectivity index (χ0) is 11.9. The minimum absolute atomic E-state index is 0.683. The van der Waals surface area contributed by atoms with E-state index in [1.807, 2.05) is 30.3 Å². The molecule has 0 N–H and O–H groups in total. The first-order valence-corrected chi connectivity index (χ1v) is 7.05. The predicted molar refractivity (Wildman–Crippen MR) is 74.6 cm³/mol. The van der Waals surface area contributed by atoms with Gasteiger partial charge in [0, 0.05) is 10.6 Å². The largest absolute Gasteiger partial charge is 0.491 e. The van der Waals surface area contributed by atoms with Crippen molar-refractivity contribution < 1.29 is 4.74 Å². The average Bonchev–Trinajstić information content (AvgIpc) is 2.38. The summed E-state index contributed by atoms with van der Waals surface area (Å²) in [5.41, 5.74) is 0. The van der Waals surface area contributed by atoms with Crippen molar-refractivity contribution in [3.05, 3.63) is 53.3 Å². The van der Waals surface area contributed by atoms with Crippen molar-refractivity contribution in [3.8, 4) is 5.75 Å². The fourth-order valence-electron chi connectivity index (χ4n) is 1.28. The number of thioether (sulfide) groups is 1. The Balaban J connectivity index is 1.71. The fourth-order valence-corrected chi connectivity index (χ4v) is 2.27. The number of nitrogens with zero attached hydrogens (tertiary/aromatic N) is 1. The number of aromatic nitrogens is 1. The molecule has 0 spiro atoms. The van der Waals surface area contributed by atoms with E-state index >= 15 is 0 Å². The van der Waals surface area contributed by atoms with Gasteiger partial charge in [0.15, 0.2) is 0 Å². The van der Waals surface area contributed by atoms with Crippen LogP contribution in [0.3, 0.4) is 0 Å². The maximum absolute atomic E-state index is 5.58. The maximum atomic E-state index is 5.58. The van der Waals surface area contributed by atoms with Gasteiger partial charge in [0.1, 0.15) is 10.4 Å². The Morgan fingerprint density at radius 2 is 1.94 bits per heavy atom. The summed E-state index contributed by atoms with van der Waals surface area (Å²) < 4.78 is 6.40. The lowest BCUT2D eigenvalue weighted by Gasteiger charge is -2.05.